The number of thiophene rings is 1. The molecule has 8 heteroatoms. The second-order valence-electron chi connectivity index (χ2n) is 6.05. The normalized spacial score (nSPS) is 28.7. The third-order valence-electron chi connectivity index (χ3n) is 4.32. The topological polar surface area (TPSA) is 109 Å². The first-order chi connectivity index (χ1) is 12.5. The molecule has 4 N–H and O–H groups in total. The Balaban J connectivity index is 1.71. The minimum atomic E-state index is -1.46. The van der Waals surface area contributed by atoms with Gasteiger partial charge in [0.15, 0.2) is 0 Å². The minimum absolute atomic E-state index is 0.493. The molecule has 0 amide bonds. The van der Waals surface area contributed by atoms with Gasteiger partial charge >= 0.3 is 0 Å². The van der Waals surface area contributed by atoms with E-state index in [0.29, 0.717) is 12.2 Å². The predicted octanol–water partition coefficient (Wildman–Crippen LogP) is 0.526. The molecule has 3 rings (SSSR count). The van der Waals surface area contributed by atoms with E-state index in [0.717, 1.165) is 16.2 Å². The highest BCUT2D eigenvalue weighted by Gasteiger charge is 2.44. The molecule has 0 spiro atoms. The summed E-state index contributed by atoms with van der Waals surface area (Å²) >= 11 is 1.50. The molecule has 1 aliphatic heterocycles. The summed E-state index contributed by atoms with van der Waals surface area (Å²) in [6, 6.07) is 9.42. The van der Waals surface area contributed by atoms with Crippen molar-refractivity contribution in [2.45, 2.75) is 37.1 Å². The van der Waals surface area contributed by atoms with Gasteiger partial charge in [-0.2, -0.15) is 0 Å². The first kappa shape index (κ1) is 19.1. The maximum Gasteiger partial charge on any atom is 0.229 e. The molecule has 1 saturated heterocycles. The number of rotatable bonds is 6. The number of aliphatic hydroxyl groups is 4. The van der Waals surface area contributed by atoms with E-state index in [1.165, 1.54) is 11.3 Å². The summed E-state index contributed by atoms with van der Waals surface area (Å²) < 4.78 is 16.3. The summed E-state index contributed by atoms with van der Waals surface area (Å²) in [6.07, 6.45) is -5.86. The summed E-state index contributed by atoms with van der Waals surface area (Å²) in [7, 11) is 1.61. The van der Waals surface area contributed by atoms with Gasteiger partial charge in [-0.15, -0.1) is 11.3 Å². The number of hydrogen-bond acceptors (Lipinski definition) is 8. The second kappa shape index (κ2) is 8.34. The van der Waals surface area contributed by atoms with Crippen molar-refractivity contribution < 1.29 is 34.6 Å². The predicted molar refractivity (Wildman–Crippen MR) is 94.5 cm³/mol. The molecule has 26 heavy (non-hydrogen) atoms. The maximum absolute atomic E-state index is 10.1. The molecule has 1 aromatic carbocycles. The first-order valence-electron chi connectivity index (χ1n) is 8.20. The molecule has 0 unspecified atom stereocenters. The molecule has 0 radical (unpaired) electrons. The lowest BCUT2D eigenvalue weighted by Gasteiger charge is -2.39. The standard InChI is InChI=1S/C18H22O7S/c1-23-11-4-2-10(3-5-11)8-14-12(6-7-26-14)24-18-17(22)16(21)15(20)13(9-19)25-18/h2-7,13,15-22H,8-9H2,1H3/t13-,15-,16+,17-,18-/m1/s1. The van der Waals surface area contributed by atoms with Gasteiger partial charge in [0, 0.05) is 6.42 Å². The third kappa shape index (κ3) is 4.01. The lowest BCUT2D eigenvalue weighted by molar-refractivity contribution is -0.277. The van der Waals surface area contributed by atoms with E-state index in [1.807, 2.05) is 29.6 Å². The fraction of sp³-hybridized carbons (Fsp3) is 0.444. The molecular weight excluding hydrogens is 360 g/mol. The molecule has 1 aromatic heterocycles. The van der Waals surface area contributed by atoms with E-state index in [2.05, 4.69) is 0 Å². The zero-order valence-corrected chi connectivity index (χ0v) is 15.0. The van der Waals surface area contributed by atoms with Crippen LogP contribution in [0.15, 0.2) is 35.7 Å². The van der Waals surface area contributed by atoms with Crippen LogP contribution in [0.3, 0.4) is 0 Å². The Hall–Kier alpha value is -1.68. The van der Waals surface area contributed by atoms with Crippen LogP contribution in [0, 0.1) is 0 Å². The van der Waals surface area contributed by atoms with Crippen molar-refractivity contribution in [2.24, 2.45) is 0 Å². The number of ether oxygens (including phenoxy) is 3. The summed E-state index contributed by atoms with van der Waals surface area (Å²) in [6.45, 7) is -0.493. The van der Waals surface area contributed by atoms with Crippen molar-refractivity contribution in [1.82, 2.24) is 0 Å². The van der Waals surface area contributed by atoms with E-state index < -0.39 is 37.3 Å². The molecule has 142 valence electrons. The van der Waals surface area contributed by atoms with Gasteiger partial charge < -0.3 is 34.6 Å². The van der Waals surface area contributed by atoms with Crippen molar-refractivity contribution in [2.75, 3.05) is 13.7 Å². The highest BCUT2D eigenvalue weighted by molar-refractivity contribution is 7.10. The second-order valence-corrected chi connectivity index (χ2v) is 7.05. The Morgan fingerprint density at radius 3 is 2.42 bits per heavy atom. The van der Waals surface area contributed by atoms with Gasteiger partial charge in [0.2, 0.25) is 6.29 Å². The van der Waals surface area contributed by atoms with Gasteiger partial charge in [0.25, 0.3) is 0 Å². The largest absolute Gasteiger partial charge is 0.497 e. The maximum atomic E-state index is 10.1. The van der Waals surface area contributed by atoms with E-state index in [-0.39, 0.29) is 0 Å². The van der Waals surface area contributed by atoms with Crippen LogP contribution in [0.25, 0.3) is 0 Å². The number of methoxy groups -OCH3 is 1. The number of benzene rings is 1. The molecule has 5 atom stereocenters. The van der Waals surface area contributed by atoms with Crippen LogP contribution in [-0.2, 0) is 11.2 Å². The highest BCUT2D eigenvalue weighted by Crippen LogP contribution is 2.31. The van der Waals surface area contributed by atoms with E-state index in [1.54, 1.807) is 13.2 Å². The van der Waals surface area contributed by atoms with Crippen LogP contribution >= 0.6 is 11.3 Å². The van der Waals surface area contributed by atoms with Crippen LogP contribution in [-0.4, -0.2) is 64.8 Å². The average molecular weight is 382 g/mol. The van der Waals surface area contributed by atoms with Crippen molar-refractivity contribution in [3.63, 3.8) is 0 Å². The molecular formula is C18H22O7S. The Kier molecular flexibility index (Phi) is 6.13. The minimum Gasteiger partial charge on any atom is -0.497 e. The highest BCUT2D eigenvalue weighted by atomic mass is 32.1. The monoisotopic (exact) mass is 382 g/mol. The summed E-state index contributed by atoms with van der Waals surface area (Å²) in [4.78, 5) is 0.923. The lowest BCUT2D eigenvalue weighted by atomic mass is 9.99. The van der Waals surface area contributed by atoms with Crippen LogP contribution in [0.4, 0.5) is 0 Å². The Bertz CT molecular complexity index is 700. The zero-order valence-electron chi connectivity index (χ0n) is 14.2. The van der Waals surface area contributed by atoms with Gasteiger partial charge in [0.05, 0.1) is 18.6 Å². The fourth-order valence-corrected chi connectivity index (χ4v) is 3.62. The lowest BCUT2D eigenvalue weighted by Crippen LogP contribution is -2.60. The molecule has 2 aromatic rings. The van der Waals surface area contributed by atoms with Crippen LogP contribution in [0.5, 0.6) is 11.5 Å². The molecule has 0 aliphatic carbocycles. The van der Waals surface area contributed by atoms with Gasteiger partial charge in [-0.1, -0.05) is 12.1 Å². The Morgan fingerprint density at radius 2 is 1.77 bits per heavy atom. The Labute approximate surface area is 155 Å². The molecule has 2 heterocycles. The third-order valence-corrected chi connectivity index (χ3v) is 5.22. The van der Waals surface area contributed by atoms with Crippen LogP contribution < -0.4 is 9.47 Å². The van der Waals surface area contributed by atoms with Crippen molar-refractivity contribution in [3.05, 3.63) is 46.2 Å². The molecule has 1 aliphatic rings. The van der Waals surface area contributed by atoms with E-state index >= 15 is 0 Å². The van der Waals surface area contributed by atoms with Crippen molar-refractivity contribution in [3.8, 4) is 11.5 Å². The average Bonchev–Trinajstić information content (AvgIpc) is 3.09. The smallest absolute Gasteiger partial charge is 0.229 e. The van der Waals surface area contributed by atoms with Gasteiger partial charge in [-0.3, -0.25) is 0 Å². The van der Waals surface area contributed by atoms with Gasteiger partial charge in [0.1, 0.15) is 35.9 Å². The van der Waals surface area contributed by atoms with Gasteiger partial charge in [-0.05, 0) is 29.1 Å². The quantitative estimate of drug-likeness (QED) is 0.577. The molecule has 0 saturated carbocycles. The summed E-state index contributed by atoms with van der Waals surface area (Å²) in [5.74, 6) is 1.30. The molecule has 7 nitrogen and oxygen atoms in total. The van der Waals surface area contributed by atoms with Crippen molar-refractivity contribution in [1.29, 1.82) is 0 Å². The van der Waals surface area contributed by atoms with Crippen LogP contribution in [0.1, 0.15) is 10.4 Å². The van der Waals surface area contributed by atoms with Gasteiger partial charge in [-0.25, -0.2) is 0 Å². The SMILES string of the molecule is COc1ccc(Cc2sccc2O[C@@H]2O[C@H](CO)[C@@H](O)[C@H](O)[C@H]2O)cc1. The van der Waals surface area contributed by atoms with E-state index in [4.69, 9.17) is 14.2 Å². The Morgan fingerprint density at radius 1 is 1.04 bits per heavy atom. The molecule has 0 bridgehead atoms. The number of hydrogen-bond donors (Lipinski definition) is 4. The van der Waals surface area contributed by atoms with Crippen molar-refractivity contribution >= 4 is 11.3 Å². The zero-order chi connectivity index (χ0) is 18.7. The van der Waals surface area contributed by atoms with E-state index in [9.17, 15) is 20.4 Å². The molecule has 1 fully saturated rings. The van der Waals surface area contributed by atoms with Crippen LogP contribution in [0.2, 0.25) is 0 Å². The summed E-state index contributed by atoms with van der Waals surface area (Å²) in [5, 5.41) is 40.9. The first-order valence-corrected chi connectivity index (χ1v) is 9.08. The number of aliphatic hydroxyl groups excluding tert-OH is 4. The summed E-state index contributed by atoms with van der Waals surface area (Å²) in [5.41, 5.74) is 1.06. The fourth-order valence-electron chi connectivity index (χ4n) is 2.78.